The van der Waals surface area contributed by atoms with Crippen molar-refractivity contribution in [2.75, 3.05) is 14.1 Å². The summed E-state index contributed by atoms with van der Waals surface area (Å²) in [4.78, 5) is 4.81. The number of rotatable bonds is 8. The van der Waals surface area contributed by atoms with Crippen LogP contribution in [0.1, 0.15) is 52.8 Å². The molecule has 0 saturated heterocycles. The Balaban J connectivity index is 2.35. The minimum Gasteiger partial charge on any atom is -0.383 e. The van der Waals surface area contributed by atoms with E-state index in [0.29, 0.717) is 5.84 Å². The molecule has 0 fully saturated rings. The lowest BCUT2D eigenvalue weighted by Crippen LogP contribution is -2.16. The maximum absolute atomic E-state index is 6.43. The molecule has 2 aromatic rings. The summed E-state index contributed by atoms with van der Waals surface area (Å²) in [6.45, 7) is 11.6. The van der Waals surface area contributed by atoms with Gasteiger partial charge < -0.3 is 5.73 Å². The second kappa shape index (κ2) is 10.1. The predicted octanol–water partition coefficient (Wildman–Crippen LogP) is 4.99. The molecular weight excluding hydrogens is 364 g/mol. The van der Waals surface area contributed by atoms with E-state index in [-0.39, 0.29) is 0 Å². The van der Waals surface area contributed by atoms with E-state index < -0.39 is 0 Å². The second-order valence-corrected chi connectivity index (χ2v) is 8.62. The fourth-order valence-electron chi connectivity index (χ4n) is 3.36. The average Bonchev–Trinajstić information content (AvgIpc) is 2.65. The van der Waals surface area contributed by atoms with Gasteiger partial charge in [0.2, 0.25) is 0 Å². The van der Waals surface area contributed by atoms with Crippen molar-refractivity contribution in [2.24, 2.45) is 10.7 Å². The predicted molar refractivity (Wildman–Crippen MR) is 124 cm³/mol. The molecule has 0 atom stereocenters. The van der Waals surface area contributed by atoms with Gasteiger partial charge in [-0.05, 0) is 99.3 Å². The van der Waals surface area contributed by atoms with Crippen LogP contribution in [0.15, 0.2) is 29.3 Å². The third-order valence-corrected chi connectivity index (χ3v) is 5.70. The highest BCUT2D eigenvalue weighted by molar-refractivity contribution is 7.95. The van der Waals surface area contributed by atoms with Gasteiger partial charge >= 0.3 is 0 Å². The smallest absolute Gasteiger partial charge is 0.131 e. The van der Waals surface area contributed by atoms with Crippen LogP contribution in [0.25, 0.3) is 0 Å². The Morgan fingerprint density at radius 1 is 1.04 bits per heavy atom. The Bertz CT molecular complexity index is 833. The molecular formula is C23H34N4S. The fraction of sp³-hybridized carbons (Fsp3) is 0.435. The van der Waals surface area contributed by atoms with E-state index in [2.05, 4.69) is 63.6 Å². The summed E-state index contributed by atoms with van der Waals surface area (Å²) in [5.74, 6) is 0.576. The van der Waals surface area contributed by atoms with E-state index >= 15 is 0 Å². The molecule has 152 valence electrons. The topological polar surface area (TPSA) is 53.6 Å². The van der Waals surface area contributed by atoms with Crippen LogP contribution in [0, 0.1) is 20.8 Å². The summed E-state index contributed by atoms with van der Waals surface area (Å²) >= 11 is 1.60. The molecule has 0 aromatic heterocycles. The van der Waals surface area contributed by atoms with Crippen LogP contribution >= 0.6 is 12.1 Å². The molecule has 0 aliphatic heterocycles. The summed E-state index contributed by atoms with van der Waals surface area (Å²) in [5, 5.41) is 0. The van der Waals surface area contributed by atoms with Crippen molar-refractivity contribution in [3.05, 3.63) is 63.2 Å². The second-order valence-electron chi connectivity index (χ2n) is 7.42. The Hall–Kier alpha value is -1.82. The minimum atomic E-state index is 0.576. The van der Waals surface area contributed by atoms with Gasteiger partial charge in [-0.15, -0.1) is 0 Å². The molecule has 0 heterocycles. The highest BCUT2D eigenvalue weighted by atomic mass is 32.2. The number of aryl methyl sites for hydroxylation is 4. The van der Waals surface area contributed by atoms with Crippen molar-refractivity contribution < 1.29 is 0 Å². The summed E-state index contributed by atoms with van der Waals surface area (Å²) in [7, 11) is 4.05. The lowest BCUT2D eigenvalue weighted by atomic mass is 9.98. The first kappa shape index (κ1) is 22.5. The molecule has 0 aliphatic carbocycles. The highest BCUT2D eigenvalue weighted by Gasteiger charge is 2.10. The van der Waals surface area contributed by atoms with E-state index in [1.54, 1.807) is 12.1 Å². The van der Waals surface area contributed by atoms with Crippen molar-refractivity contribution >= 4 is 23.7 Å². The van der Waals surface area contributed by atoms with Crippen LogP contribution in [0.4, 0.5) is 5.69 Å². The molecule has 0 unspecified atom stereocenters. The number of nitrogens with one attached hydrogen (secondary N) is 1. The van der Waals surface area contributed by atoms with Crippen LogP contribution in [0.2, 0.25) is 0 Å². The Labute approximate surface area is 174 Å². The van der Waals surface area contributed by atoms with Gasteiger partial charge in [0.1, 0.15) is 5.84 Å². The van der Waals surface area contributed by atoms with Crippen molar-refractivity contribution in [3.8, 4) is 0 Å². The monoisotopic (exact) mass is 398 g/mol. The van der Waals surface area contributed by atoms with Crippen LogP contribution in [0.3, 0.4) is 0 Å². The van der Waals surface area contributed by atoms with Crippen molar-refractivity contribution in [1.29, 1.82) is 0 Å². The van der Waals surface area contributed by atoms with Gasteiger partial charge in [0.25, 0.3) is 0 Å². The van der Waals surface area contributed by atoms with E-state index in [4.69, 9.17) is 10.7 Å². The first-order valence-corrected chi connectivity index (χ1v) is 10.7. The molecule has 28 heavy (non-hydrogen) atoms. The van der Waals surface area contributed by atoms with Crippen LogP contribution in [0.5, 0.6) is 0 Å². The minimum absolute atomic E-state index is 0.576. The van der Waals surface area contributed by atoms with E-state index in [0.717, 1.165) is 30.6 Å². The Morgan fingerprint density at radius 2 is 1.68 bits per heavy atom. The quantitative estimate of drug-likeness (QED) is 0.374. The van der Waals surface area contributed by atoms with Crippen molar-refractivity contribution in [2.45, 2.75) is 54.0 Å². The van der Waals surface area contributed by atoms with Crippen LogP contribution in [-0.4, -0.2) is 24.2 Å². The van der Waals surface area contributed by atoms with Gasteiger partial charge in [0.15, 0.2) is 0 Å². The maximum atomic E-state index is 6.43. The van der Waals surface area contributed by atoms with Gasteiger partial charge in [-0.25, -0.2) is 14.0 Å². The van der Waals surface area contributed by atoms with E-state index in [1.807, 2.05) is 18.4 Å². The number of aliphatic imine (C=N–C) groups is 1. The van der Waals surface area contributed by atoms with Gasteiger partial charge in [0, 0.05) is 24.2 Å². The number of nitrogens with zero attached hydrogens (tertiary/aromatic N) is 2. The van der Waals surface area contributed by atoms with Gasteiger partial charge in [-0.1, -0.05) is 19.9 Å². The standard InChI is InChI=1S/C23H34N4S/c1-8-18-12-19(9-2)17(5)22(13-18)26-23(24)20-10-15(3)21(16(4)11-20)14-25-28-27(6)7/h10-13,25H,8-9,14H2,1-7H3,(H2,24,26). The maximum Gasteiger partial charge on any atom is 0.131 e. The molecule has 3 N–H and O–H groups in total. The molecule has 0 radical (unpaired) electrons. The molecule has 0 aliphatic rings. The Morgan fingerprint density at radius 3 is 2.21 bits per heavy atom. The van der Waals surface area contributed by atoms with Crippen LogP contribution < -0.4 is 10.5 Å². The molecule has 2 rings (SSSR count). The highest BCUT2D eigenvalue weighted by Crippen LogP contribution is 2.26. The van der Waals surface area contributed by atoms with Gasteiger partial charge in [-0.3, -0.25) is 0 Å². The molecule has 2 aromatic carbocycles. The molecule has 0 amide bonds. The number of hydrogen-bond donors (Lipinski definition) is 2. The fourth-order valence-corrected chi connectivity index (χ4v) is 3.82. The summed E-state index contributed by atoms with van der Waals surface area (Å²) in [5.41, 5.74) is 16.0. The molecule has 0 bridgehead atoms. The number of hydrogen-bond acceptors (Lipinski definition) is 4. The molecule has 0 spiro atoms. The molecule has 5 heteroatoms. The Kier molecular flexibility index (Phi) is 8.10. The van der Waals surface area contributed by atoms with Crippen LogP contribution in [-0.2, 0) is 19.4 Å². The summed E-state index contributed by atoms with van der Waals surface area (Å²) < 4.78 is 5.43. The number of benzene rings is 2. The number of nitrogens with two attached hydrogens (primary N) is 1. The van der Waals surface area contributed by atoms with E-state index in [9.17, 15) is 0 Å². The summed E-state index contributed by atoms with van der Waals surface area (Å²) in [6.07, 6.45) is 2.01. The first-order valence-electron chi connectivity index (χ1n) is 9.90. The SMILES string of the molecule is CCc1cc(CC)c(C)c(N=C(N)c2cc(C)c(CNSN(C)C)c(C)c2)c1. The normalized spacial score (nSPS) is 12.1. The molecule has 4 nitrogen and oxygen atoms in total. The lowest BCUT2D eigenvalue weighted by Gasteiger charge is -2.15. The van der Waals surface area contributed by atoms with Crippen molar-refractivity contribution in [1.82, 2.24) is 9.03 Å². The van der Waals surface area contributed by atoms with Crippen molar-refractivity contribution in [3.63, 3.8) is 0 Å². The first-order chi connectivity index (χ1) is 13.3. The lowest BCUT2D eigenvalue weighted by molar-refractivity contribution is 0.690. The van der Waals surface area contributed by atoms with Gasteiger partial charge in [-0.2, -0.15) is 0 Å². The third kappa shape index (κ3) is 5.60. The zero-order valence-electron chi connectivity index (χ0n) is 18.3. The van der Waals surface area contributed by atoms with E-state index in [1.165, 1.54) is 33.4 Å². The zero-order valence-corrected chi connectivity index (χ0v) is 19.1. The largest absolute Gasteiger partial charge is 0.383 e. The van der Waals surface area contributed by atoms with Gasteiger partial charge in [0.05, 0.1) is 5.69 Å². The zero-order chi connectivity index (χ0) is 20.8. The third-order valence-electron chi connectivity index (χ3n) is 5.07. The average molecular weight is 399 g/mol. The molecule has 0 saturated carbocycles. The number of amidine groups is 1. The summed E-state index contributed by atoms with van der Waals surface area (Å²) in [6, 6.07) is 8.73.